The van der Waals surface area contributed by atoms with Crippen molar-refractivity contribution in [2.75, 3.05) is 0 Å². The van der Waals surface area contributed by atoms with Gasteiger partial charge in [0.05, 0.1) is 10.5 Å². The fourth-order valence-corrected chi connectivity index (χ4v) is 4.24. The first-order valence-electron chi connectivity index (χ1n) is 8.04. The van der Waals surface area contributed by atoms with E-state index in [4.69, 9.17) is 4.74 Å². The van der Waals surface area contributed by atoms with E-state index in [1.165, 1.54) is 35.4 Å². The fraction of sp³-hybridized carbons (Fsp3) is 0.316. The van der Waals surface area contributed by atoms with E-state index in [0.29, 0.717) is 11.5 Å². The normalized spacial score (nSPS) is 26.9. The van der Waals surface area contributed by atoms with Crippen LogP contribution in [0.1, 0.15) is 53.1 Å². The third kappa shape index (κ3) is 2.19. The Morgan fingerprint density at radius 3 is 2.50 bits per heavy atom. The van der Waals surface area contributed by atoms with Crippen molar-refractivity contribution in [1.29, 1.82) is 0 Å². The van der Waals surface area contributed by atoms with Gasteiger partial charge >= 0.3 is 5.97 Å². The molecule has 0 saturated heterocycles. The second-order valence-electron chi connectivity index (χ2n) is 6.82. The van der Waals surface area contributed by atoms with Gasteiger partial charge in [-0.2, -0.15) is 0 Å². The predicted octanol–water partition coefficient (Wildman–Crippen LogP) is 4.19. The van der Waals surface area contributed by atoms with E-state index in [2.05, 4.69) is 18.2 Å². The molecule has 2 aromatic rings. The first-order valence-corrected chi connectivity index (χ1v) is 8.04. The Kier molecular flexibility index (Phi) is 3.20. The lowest BCUT2D eigenvalue weighted by Gasteiger charge is -2.35. The smallest absolute Gasteiger partial charge is 0.338 e. The maximum atomic E-state index is 12.5. The van der Waals surface area contributed by atoms with Crippen molar-refractivity contribution in [3.8, 4) is 0 Å². The van der Waals surface area contributed by atoms with Crippen LogP contribution >= 0.6 is 0 Å². The van der Waals surface area contributed by atoms with E-state index in [1.807, 2.05) is 13.0 Å². The molecule has 0 radical (unpaired) electrons. The summed E-state index contributed by atoms with van der Waals surface area (Å²) in [6.45, 7) is 2.00. The van der Waals surface area contributed by atoms with Gasteiger partial charge in [-0.05, 0) is 48.9 Å². The van der Waals surface area contributed by atoms with E-state index < -0.39 is 16.5 Å². The number of hydrogen-bond donors (Lipinski definition) is 0. The molecule has 0 heterocycles. The van der Waals surface area contributed by atoms with Gasteiger partial charge in [-0.15, -0.1) is 0 Å². The Morgan fingerprint density at radius 1 is 1.17 bits per heavy atom. The Balaban J connectivity index is 1.56. The molecule has 0 aromatic heterocycles. The molecular formula is C19H17NO4. The van der Waals surface area contributed by atoms with E-state index in [-0.39, 0.29) is 11.6 Å². The van der Waals surface area contributed by atoms with Gasteiger partial charge in [0.2, 0.25) is 0 Å². The van der Waals surface area contributed by atoms with Gasteiger partial charge in [-0.3, -0.25) is 10.1 Å². The molecule has 0 spiro atoms. The molecule has 0 unspecified atom stereocenters. The molecule has 24 heavy (non-hydrogen) atoms. The Labute approximate surface area is 139 Å². The van der Waals surface area contributed by atoms with Crippen molar-refractivity contribution in [3.05, 3.63) is 75.3 Å². The predicted molar refractivity (Wildman–Crippen MR) is 88.1 cm³/mol. The highest BCUT2D eigenvalue weighted by Crippen LogP contribution is 2.59. The summed E-state index contributed by atoms with van der Waals surface area (Å²) in [5.74, 6) is 0.249. The van der Waals surface area contributed by atoms with Crippen LogP contribution in [0, 0.1) is 10.1 Å². The summed E-state index contributed by atoms with van der Waals surface area (Å²) in [4.78, 5) is 22.7. The number of carbonyl (C=O) groups excluding carboxylic acids is 1. The molecule has 0 N–H and O–H groups in total. The van der Waals surface area contributed by atoms with Crippen molar-refractivity contribution < 1.29 is 14.5 Å². The Bertz CT molecular complexity index is 830. The second kappa shape index (κ2) is 5.16. The van der Waals surface area contributed by atoms with Gasteiger partial charge in [-0.1, -0.05) is 24.3 Å². The topological polar surface area (TPSA) is 69.4 Å². The lowest BCUT2D eigenvalue weighted by molar-refractivity contribution is -0.384. The Morgan fingerprint density at radius 2 is 1.83 bits per heavy atom. The largest absolute Gasteiger partial charge is 0.455 e. The van der Waals surface area contributed by atoms with E-state index in [0.717, 1.165) is 12.8 Å². The zero-order valence-corrected chi connectivity index (χ0v) is 13.3. The van der Waals surface area contributed by atoms with Crippen LogP contribution in [-0.4, -0.2) is 16.5 Å². The van der Waals surface area contributed by atoms with Gasteiger partial charge in [0.1, 0.15) is 5.60 Å². The molecule has 3 atom stereocenters. The van der Waals surface area contributed by atoms with Crippen LogP contribution < -0.4 is 0 Å². The number of benzene rings is 2. The summed E-state index contributed by atoms with van der Waals surface area (Å²) in [6, 6.07) is 13.9. The molecule has 1 saturated carbocycles. The molecule has 5 heteroatoms. The summed E-state index contributed by atoms with van der Waals surface area (Å²) in [6.07, 6.45) is 1.84. The van der Waals surface area contributed by atoms with Crippen molar-refractivity contribution in [2.45, 2.75) is 37.2 Å². The number of nitro benzene ring substituents is 1. The summed E-state index contributed by atoms with van der Waals surface area (Å²) in [5.41, 5.74) is 2.46. The molecule has 0 aliphatic heterocycles. The third-order valence-electron chi connectivity index (χ3n) is 5.36. The monoisotopic (exact) mass is 323 g/mol. The number of nitro groups is 1. The molecule has 122 valence electrons. The standard InChI is InChI=1S/C19H17NO4/c1-19(11-13-10-17(19)16-5-3-2-4-15(13)16)24-18(21)12-6-8-14(9-7-12)20(22)23/h2-9,13,17H,10-11H2,1H3/t13-,17+,19+/m0/s1. The van der Waals surface area contributed by atoms with Crippen LogP contribution in [0.15, 0.2) is 48.5 Å². The van der Waals surface area contributed by atoms with Crippen LogP contribution in [0.4, 0.5) is 5.69 Å². The number of hydrogen-bond acceptors (Lipinski definition) is 4. The number of esters is 1. The quantitative estimate of drug-likeness (QED) is 0.482. The third-order valence-corrected chi connectivity index (χ3v) is 5.36. The molecule has 2 aliphatic carbocycles. The van der Waals surface area contributed by atoms with Crippen molar-refractivity contribution in [3.63, 3.8) is 0 Å². The lowest BCUT2D eigenvalue weighted by Crippen LogP contribution is -2.36. The first kappa shape index (κ1) is 14.9. The molecule has 2 aromatic carbocycles. The van der Waals surface area contributed by atoms with Crippen LogP contribution in [-0.2, 0) is 4.74 Å². The van der Waals surface area contributed by atoms with Crippen molar-refractivity contribution in [1.82, 2.24) is 0 Å². The second-order valence-corrected chi connectivity index (χ2v) is 6.82. The Hall–Kier alpha value is -2.69. The molecule has 2 aliphatic rings. The molecular weight excluding hydrogens is 306 g/mol. The highest BCUT2D eigenvalue weighted by atomic mass is 16.6. The van der Waals surface area contributed by atoms with E-state index >= 15 is 0 Å². The maximum Gasteiger partial charge on any atom is 0.338 e. The van der Waals surface area contributed by atoms with Crippen LogP contribution in [0.3, 0.4) is 0 Å². The number of ether oxygens (including phenoxy) is 1. The van der Waals surface area contributed by atoms with E-state index in [1.54, 1.807) is 0 Å². The number of rotatable bonds is 3. The summed E-state index contributed by atoms with van der Waals surface area (Å²) < 4.78 is 5.87. The number of fused-ring (bicyclic) bond motifs is 5. The van der Waals surface area contributed by atoms with Crippen LogP contribution in [0.25, 0.3) is 0 Å². The SMILES string of the molecule is C[C@@]1(OC(=O)c2ccc([N+](=O)[O-])cc2)C[C@@H]2C[C@@H]1c1ccccc12. The van der Waals surface area contributed by atoms with Crippen molar-refractivity contribution >= 4 is 11.7 Å². The average molecular weight is 323 g/mol. The summed E-state index contributed by atoms with van der Waals surface area (Å²) in [5, 5.41) is 10.7. The fourth-order valence-electron chi connectivity index (χ4n) is 4.24. The number of non-ortho nitro benzene ring substituents is 1. The van der Waals surface area contributed by atoms with E-state index in [9.17, 15) is 14.9 Å². The van der Waals surface area contributed by atoms with Gasteiger partial charge in [0, 0.05) is 18.1 Å². The minimum Gasteiger partial charge on any atom is -0.455 e. The zero-order valence-electron chi connectivity index (χ0n) is 13.3. The minimum absolute atomic E-state index is 0.0355. The summed E-state index contributed by atoms with van der Waals surface area (Å²) in [7, 11) is 0. The summed E-state index contributed by atoms with van der Waals surface area (Å²) >= 11 is 0. The molecule has 5 nitrogen and oxygen atoms in total. The minimum atomic E-state index is -0.516. The van der Waals surface area contributed by atoms with Gasteiger partial charge in [-0.25, -0.2) is 4.79 Å². The van der Waals surface area contributed by atoms with Crippen molar-refractivity contribution in [2.24, 2.45) is 0 Å². The van der Waals surface area contributed by atoms with Gasteiger partial charge in [0.15, 0.2) is 0 Å². The zero-order chi connectivity index (χ0) is 16.9. The van der Waals surface area contributed by atoms with Gasteiger partial charge < -0.3 is 4.74 Å². The highest BCUT2D eigenvalue weighted by Gasteiger charge is 2.53. The maximum absolute atomic E-state index is 12.5. The molecule has 2 bridgehead atoms. The number of carbonyl (C=O) groups is 1. The first-order chi connectivity index (χ1) is 11.5. The molecule has 1 fully saturated rings. The highest BCUT2D eigenvalue weighted by molar-refractivity contribution is 5.90. The van der Waals surface area contributed by atoms with Crippen LogP contribution in [0.2, 0.25) is 0 Å². The average Bonchev–Trinajstić information content (AvgIpc) is 3.10. The number of nitrogens with zero attached hydrogens (tertiary/aromatic N) is 1. The molecule has 0 amide bonds. The molecule has 4 rings (SSSR count). The van der Waals surface area contributed by atoms with Crippen LogP contribution in [0.5, 0.6) is 0 Å². The lowest BCUT2D eigenvalue weighted by atomic mass is 9.81. The van der Waals surface area contributed by atoms with Gasteiger partial charge in [0.25, 0.3) is 5.69 Å².